The van der Waals surface area contributed by atoms with Gasteiger partial charge in [-0.2, -0.15) is 0 Å². The smallest absolute Gasteiger partial charge is 0.274 e. The van der Waals surface area contributed by atoms with Gasteiger partial charge in [-0.1, -0.05) is 6.07 Å². The topological polar surface area (TPSA) is 85.4 Å². The minimum Gasteiger partial charge on any atom is -0.493 e. The maximum atomic E-state index is 12.7. The zero-order valence-electron chi connectivity index (χ0n) is 17.2. The van der Waals surface area contributed by atoms with Gasteiger partial charge in [0, 0.05) is 23.5 Å². The zero-order valence-corrected chi connectivity index (χ0v) is 17.2. The summed E-state index contributed by atoms with van der Waals surface area (Å²) in [6, 6.07) is 12.9. The lowest BCUT2D eigenvalue weighted by molar-refractivity contribution is 0.102. The lowest BCUT2D eigenvalue weighted by atomic mass is 10.1. The van der Waals surface area contributed by atoms with Crippen LogP contribution in [0.1, 0.15) is 27.4 Å². The molecule has 3 rings (SSSR count). The SMILES string of the molecule is COc1ccc(Nc2cc(C(=O)Nc3cc(C)cc(C)c3)nc(C)n2)cc1OC. The van der Waals surface area contributed by atoms with Crippen LogP contribution in [0.4, 0.5) is 17.2 Å². The standard InChI is InChI=1S/C22H24N4O3/c1-13-8-14(2)10-17(9-13)26-22(27)18-12-21(24-15(3)23-18)25-16-6-7-19(28-4)20(11-16)29-5/h6-12H,1-5H3,(H,26,27)(H,23,24,25). The van der Waals surface area contributed by atoms with Gasteiger partial charge < -0.3 is 20.1 Å². The van der Waals surface area contributed by atoms with Gasteiger partial charge in [-0.3, -0.25) is 4.79 Å². The van der Waals surface area contributed by atoms with Crippen LogP contribution in [0.15, 0.2) is 42.5 Å². The Morgan fingerprint density at radius 1 is 0.828 bits per heavy atom. The summed E-state index contributed by atoms with van der Waals surface area (Å²) in [5.74, 6) is 1.92. The highest BCUT2D eigenvalue weighted by molar-refractivity contribution is 6.03. The van der Waals surface area contributed by atoms with Crippen molar-refractivity contribution in [2.45, 2.75) is 20.8 Å². The van der Waals surface area contributed by atoms with Crippen LogP contribution >= 0.6 is 0 Å². The van der Waals surface area contributed by atoms with Gasteiger partial charge in [-0.05, 0) is 56.2 Å². The first-order valence-corrected chi connectivity index (χ1v) is 9.12. The van der Waals surface area contributed by atoms with E-state index in [2.05, 4.69) is 26.7 Å². The predicted octanol–water partition coefficient (Wildman–Crippen LogP) is 4.41. The zero-order chi connectivity index (χ0) is 21.0. The Balaban J connectivity index is 1.83. The molecule has 2 aromatic carbocycles. The molecule has 7 heteroatoms. The van der Waals surface area contributed by atoms with E-state index >= 15 is 0 Å². The van der Waals surface area contributed by atoms with Crippen LogP contribution in [-0.4, -0.2) is 30.1 Å². The summed E-state index contributed by atoms with van der Waals surface area (Å²) >= 11 is 0. The number of hydrogen-bond donors (Lipinski definition) is 2. The summed E-state index contributed by atoms with van der Waals surface area (Å²) in [4.78, 5) is 21.4. The Hall–Kier alpha value is -3.61. The molecule has 2 N–H and O–H groups in total. The van der Waals surface area contributed by atoms with Gasteiger partial charge >= 0.3 is 0 Å². The van der Waals surface area contributed by atoms with E-state index in [1.165, 1.54) is 0 Å². The van der Waals surface area contributed by atoms with E-state index in [-0.39, 0.29) is 11.6 Å². The van der Waals surface area contributed by atoms with Gasteiger partial charge in [0.1, 0.15) is 17.3 Å². The average molecular weight is 392 g/mol. The molecule has 29 heavy (non-hydrogen) atoms. The molecule has 150 valence electrons. The molecule has 0 saturated carbocycles. The average Bonchev–Trinajstić information content (AvgIpc) is 2.66. The van der Waals surface area contributed by atoms with Crippen molar-refractivity contribution in [1.82, 2.24) is 9.97 Å². The molecular weight excluding hydrogens is 368 g/mol. The van der Waals surface area contributed by atoms with Gasteiger partial charge in [0.05, 0.1) is 14.2 Å². The number of hydrogen-bond acceptors (Lipinski definition) is 6. The molecule has 1 heterocycles. The molecule has 0 aliphatic heterocycles. The molecule has 3 aromatic rings. The normalized spacial score (nSPS) is 10.4. The van der Waals surface area contributed by atoms with Crippen molar-refractivity contribution in [3.63, 3.8) is 0 Å². The summed E-state index contributed by atoms with van der Waals surface area (Å²) < 4.78 is 10.6. The number of anilines is 3. The molecule has 0 saturated heterocycles. The van der Waals surface area contributed by atoms with Gasteiger partial charge in [0.15, 0.2) is 11.5 Å². The van der Waals surface area contributed by atoms with Crippen molar-refractivity contribution < 1.29 is 14.3 Å². The van der Waals surface area contributed by atoms with E-state index in [9.17, 15) is 4.79 Å². The lowest BCUT2D eigenvalue weighted by Gasteiger charge is -2.12. The number of carbonyl (C=O) groups excluding carboxylic acids is 1. The number of methoxy groups -OCH3 is 2. The summed E-state index contributed by atoms with van der Waals surface area (Å²) in [5, 5.41) is 6.08. The minimum atomic E-state index is -0.295. The van der Waals surface area contributed by atoms with Gasteiger partial charge in [0.25, 0.3) is 5.91 Å². The maximum Gasteiger partial charge on any atom is 0.274 e. The second-order valence-electron chi connectivity index (χ2n) is 6.71. The largest absolute Gasteiger partial charge is 0.493 e. The number of amides is 1. The number of benzene rings is 2. The number of ether oxygens (including phenoxy) is 2. The molecule has 1 aromatic heterocycles. The van der Waals surface area contributed by atoms with Gasteiger partial charge in [-0.25, -0.2) is 9.97 Å². The predicted molar refractivity (Wildman–Crippen MR) is 113 cm³/mol. The molecule has 0 bridgehead atoms. The lowest BCUT2D eigenvalue weighted by Crippen LogP contribution is -2.15. The van der Waals surface area contributed by atoms with Crippen LogP contribution in [0.25, 0.3) is 0 Å². The van der Waals surface area contributed by atoms with Crippen LogP contribution in [0.3, 0.4) is 0 Å². The van der Waals surface area contributed by atoms with Crippen molar-refractivity contribution in [3.05, 3.63) is 65.1 Å². The molecule has 7 nitrogen and oxygen atoms in total. The Morgan fingerprint density at radius 3 is 2.17 bits per heavy atom. The molecule has 0 radical (unpaired) electrons. The number of aromatic nitrogens is 2. The Bertz CT molecular complexity index is 1030. The summed E-state index contributed by atoms with van der Waals surface area (Å²) in [6.45, 7) is 5.72. The van der Waals surface area contributed by atoms with Crippen molar-refractivity contribution in [3.8, 4) is 11.5 Å². The molecule has 1 amide bonds. The molecule has 0 spiro atoms. The molecule has 0 fully saturated rings. The van der Waals surface area contributed by atoms with Crippen molar-refractivity contribution >= 4 is 23.1 Å². The summed E-state index contributed by atoms with van der Waals surface area (Å²) in [7, 11) is 3.16. The number of aryl methyl sites for hydroxylation is 3. The molecule has 0 aliphatic carbocycles. The molecular formula is C22H24N4O3. The summed E-state index contributed by atoms with van der Waals surface area (Å²) in [5.41, 5.74) is 3.92. The number of nitrogens with zero attached hydrogens (tertiary/aromatic N) is 2. The van der Waals surface area contributed by atoms with Gasteiger partial charge in [0.2, 0.25) is 0 Å². The Morgan fingerprint density at radius 2 is 1.52 bits per heavy atom. The van der Waals surface area contributed by atoms with Crippen LogP contribution < -0.4 is 20.1 Å². The summed E-state index contributed by atoms with van der Waals surface area (Å²) in [6.07, 6.45) is 0. The molecule has 0 aliphatic rings. The fourth-order valence-electron chi connectivity index (χ4n) is 3.05. The van der Waals surface area contributed by atoms with Crippen LogP contribution in [-0.2, 0) is 0 Å². The first-order chi connectivity index (χ1) is 13.9. The first-order valence-electron chi connectivity index (χ1n) is 9.12. The van der Waals surface area contributed by atoms with Crippen molar-refractivity contribution in [2.75, 3.05) is 24.9 Å². The Labute approximate surface area is 170 Å². The monoisotopic (exact) mass is 392 g/mol. The van der Waals surface area contributed by atoms with E-state index in [1.54, 1.807) is 39.3 Å². The van der Waals surface area contributed by atoms with Crippen molar-refractivity contribution in [2.24, 2.45) is 0 Å². The highest BCUT2D eigenvalue weighted by Crippen LogP contribution is 2.31. The van der Waals surface area contributed by atoms with Gasteiger partial charge in [-0.15, -0.1) is 0 Å². The molecule has 0 unspecified atom stereocenters. The minimum absolute atomic E-state index is 0.277. The van der Waals surface area contributed by atoms with E-state index in [0.29, 0.717) is 23.1 Å². The van der Waals surface area contributed by atoms with E-state index in [1.807, 2.05) is 32.0 Å². The number of carbonyl (C=O) groups is 1. The quantitative estimate of drug-likeness (QED) is 0.646. The second-order valence-corrected chi connectivity index (χ2v) is 6.71. The number of nitrogens with one attached hydrogen (secondary N) is 2. The van der Waals surface area contributed by atoms with Crippen LogP contribution in [0, 0.1) is 20.8 Å². The third kappa shape index (κ3) is 5.01. The van der Waals surface area contributed by atoms with Crippen LogP contribution in [0.2, 0.25) is 0 Å². The second kappa shape index (κ2) is 8.60. The third-order valence-corrected chi connectivity index (χ3v) is 4.21. The van der Waals surface area contributed by atoms with Crippen LogP contribution in [0.5, 0.6) is 11.5 Å². The third-order valence-electron chi connectivity index (χ3n) is 4.21. The number of rotatable bonds is 6. The highest BCUT2D eigenvalue weighted by Gasteiger charge is 2.12. The maximum absolute atomic E-state index is 12.7. The highest BCUT2D eigenvalue weighted by atomic mass is 16.5. The fourth-order valence-corrected chi connectivity index (χ4v) is 3.05. The van der Waals surface area contributed by atoms with Crippen molar-refractivity contribution in [1.29, 1.82) is 0 Å². The fraction of sp³-hybridized carbons (Fsp3) is 0.227. The Kier molecular flexibility index (Phi) is 5.97. The molecule has 0 atom stereocenters. The van der Waals surface area contributed by atoms with E-state index in [0.717, 1.165) is 22.5 Å². The first kappa shape index (κ1) is 20.1. The van der Waals surface area contributed by atoms with E-state index < -0.39 is 0 Å². The van der Waals surface area contributed by atoms with E-state index in [4.69, 9.17) is 9.47 Å².